The van der Waals surface area contributed by atoms with Gasteiger partial charge in [0, 0.05) is 25.0 Å². The van der Waals surface area contributed by atoms with E-state index < -0.39 is 73.3 Å². The summed E-state index contributed by atoms with van der Waals surface area (Å²) in [4.78, 5) is 27.3. The number of unbranched alkanes of at least 4 members (excludes halogenated alkanes) is 2. The molecule has 4 unspecified atom stereocenters. The first-order chi connectivity index (χ1) is 17.9. The molecule has 0 aromatic heterocycles. The average Bonchev–Trinajstić information content (AvgIpc) is 3.31. The molecular weight excluding hydrogens is 494 g/mol. The molecule has 1 N–H and O–H groups in total. The molecule has 3 aliphatic heterocycles. The number of carbonyl (C=O) groups is 2. The van der Waals surface area contributed by atoms with Gasteiger partial charge in [-0.25, -0.2) is 4.79 Å². The molecule has 14 heteroatoms. The molecular formula is C23H37N3O11. The van der Waals surface area contributed by atoms with E-state index in [1.807, 2.05) is 13.8 Å². The second kappa shape index (κ2) is 14.2. The van der Waals surface area contributed by atoms with Gasteiger partial charge in [0.15, 0.2) is 18.7 Å². The topological polar surface area (TPSA) is 177 Å². The number of rotatable bonds is 13. The summed E-state index contributed by atoms with van der Waals surface area (Å²) in [6, 6.07) is -1.03. The maximum Gasteiger partial charge on any atom is 0.337 e. The zero-order chi connectivity index (χ0) is 26.9. The summed E-state index contributed by atoms with van der Waals surface area (Å²) in [7, 11) is 1.18. The number of methoxy groups -OCH3 is 1. The number of ether oxygens (including phenoxy) is 8. The van der Waals surface area contributed by atoms with Gasteiger partial charge >= 0.3 is 11.9 Å². The molecule has 14 nitrogen and oxygen atoms in total. The van der Waals surface area contributed by atoms with Crippen molar-refractivity contribution in [3.05, 3.63) is 10.4 Å². The van der Waals surface area contributed by atoms with Gasteiger partial charge in [-0.3, -0.25) is 4.79 Å². The highest BCUT2D eigenvalue weighted by Crippen LogP contribution is 2.37. The summed E-state index contributed by atoms with van der Waals surface area (Å²) in [6.07, 6.45) is -6.53. The van der Waals surface area contributed by atoms with Crippen molar-refractivity contribution in [1.82, 2.24) is 0 Å². The van der Waals surface area contributed by atoms with E-state index in [1.54, 1.807) is 0 Å². The van der Waals surface area contributed by atoms with E-state index >= 15 is 0 Å². The molecule has 0 saturated carbocycles. The van der Waals surface area contributed by atoms with Gasteiger partial charge in [0.2, 0.25) is 0 Å². The van der Waals surface area contributed by atoms with E-state index in [9.17, 15) is 14.7 Å². The van der Waals surface area contributed by atoms with Crippen LogP contribution in [0.1, 0.15) is 46.5 Å². The minimum absolute atomic E-state index is 0.0815. The molecule has 2 bridgehead atoms. The number of azide groups is 1. The number of carbonyl (C=O) groups excluding carboxylic acids is 2. The van der Waals surface area contributed by atoms with Gasteiger partial charge in [0.25, 0.3) is 0 Å². The van der Waals surface area contributed by atoms with E-state index in [-0.39, 0.29) is 6.61 Å². The fourth-order valence-electron chi connectivity index (χ4n) is 4.52. The number of esters is 2. The average molecular weight is 532 g/mol. The Balaban J connectivity index is 1.93. The third kappa shape index (κ3) is 7.09. The maximum atomic E-state index is 12.5. The Morgan fingerprint density at radius 3 is 2.32 bits per heavy atom. The first kappa shape index (κ1) is 29.5. The lowest BCUT2D eigenvalue weighted by atomic mass is 9.96. The molecule has 0 aromatic rings. The van der Waals surface area contributed by atoms with E-state index in [2.05, 4.69) is 10.0 Å². The van der Waals surface area contributed by atoms with E-state index in [1.165, 1.54) is 14.0 Å². The summed E-state index contributed by atoms with van der Waals surface area (Å²) in [6.45, 7) is 5.93. The summed E-state index contributed by atoms with van der Waals surface area (Å²) >= 11 is 0. The third-order valence-corrected chi connectivity index (χ3v) is 6.39. The lowest BCUT2D eigenvalue weighted by Gasteiger charge is -2.46. The third-order valence-electron chi connectivity index (χ3n) is 6.39. The van der Waals surface area contributed by atoms with Crippen molar-refractivity contribution in [3.63, 3.8) is 0 Å². The van der Waals surface area contributed by atoms with Gasteiger partial charge in [-0.1, -0.05) is 31.8 Å². The van der Waals surface area contributed by atoms with Gasteiger partial charge in [-0.2, -0.15) is 0 Å². The van der Waals surface area contributed by atoms with Crippen molar-refractivity contribution < 1.29 is 52.6 Å². The van der Waals surface area contributed by atoms with Crippen molar-refractivity contribution in [2.45, 2.75) is 108 Å². The van der Waals surface area contributed by atoms with Crippen LogP contribution in [-0.2, 0) is 47.5 Å². The lowest BCUT2D eigenvalue weighted by Crippen LogP contribution is -2.65. The van der Waals surface area contributed by atoms with Gasteiger partial charge in [-0.05, 0) is 18.4 Å². The van der Waals surface area contributed by atoms with Gasteiger partial charge < -0.3 is 43.0 Å². The number of aliphatic hydroxyl groups excluding tert-OH is 1. The highest BCUT2D eigenvalue weighted by atomic mass is 16.8. The zero-order valence-electron chi connectivity index (χ0n) is 21.6. The molecule has 3 rings (SSSR count). The molecule has 3 saturated heterocycles. The molecule has 0 spiro atoms. The number of hydrogen-bond donors (Lipinski definition) is 1. The van der Waals surface area contributed by atoms with Crippen LogP contribution in [0.3, 0.4) is 0 Å². The largest absolute Gasteiger partial charge is 0.467 e. The molecule has 3 fully saturated rings. The molecule has 10 atom stereocenters. The van der Waals surface area contributed by atoms with Gasteiger partial charge in [0.05, 0.1) is 13.7 Å². The monoisotopic (exact) mass is 531 g/mol. The first-order valence-corrected chi connectivity index (χ1v) is 12.6. The Morgan fingerprint density at radius 1 is 1.05 bits per heavy atom. The minimum atomic E-state index is -1.43. The van der Waals surface area contributed by atoms with Crippen molar-refractivity contribution in [3.8, 4) is 0 Å². The SMILES string of the molecule is CCCCOC1[C@H](O)C(C(=O)OC)O[C@@H](OC2[C@@H](OC(C)=O)[C@H](N=[N+]=[N-])C3OC[C@H]2O3)[C@H]1OCCCC. The summed E-state index contributed by atoms with van der Waals surface area (Å²) < 4.78 is 46.0. The van der Waals surface area contributed by atoms with Crippen LogP contribution in [0.15, 0.2) is 5.11 Å². The number of fused-ring (bicyclic) bond motifs is 2. The highest BCUT2D eigenvalue weighted by molar-refractivity contribution is 5.75. The standard InChI is InChI=1S/C23H37N3O11/c1-5-7-9-31-18-15(28)19(21(29)30-4)37-23(20(18)32-10-8-6-2)36-16-13-11-33-22(35-13)14(25-26-24)17(16)34-12(3)27/h13-20,22-23,28H,5-11H2,1-4H3/t13-,14+,15+,16?,17+,18?,19?,20+,22?,23-/m1/s1. The van der Waals surface area contributed by atoms with Crippen molar-refractivity contribution in [1.29, 1.82) is 0 Å². The number of nitrogens with zero attached hydrogens (tertiary/aromatic N) is 3. The van der Waals surface area contributed by atoms with Crippen LogP contribution in [0.2, 0.25) is 0 Å². The second-order valence-corrected chi connectivity index (χ2v) is 9.06. The Kier molecular flexibility index (Phi) is 11.3. The summed E-state index contributed by atoms with van der Waals surface area (Å²) in [5.74, 6) is -1.44. The Bertz CT molecular complexity index is 811. The predicted octanol–water partition coefficient (Wildman–Crippen LogP) is 1.37. The van der Waals surface area contributed by atoms with Crippen molar-refractivity contribution in [2.24, 2.45) is 5.11 Å². The Hall–Kier alpha value is -2.03. The fourth-order valence-corrected chi connectivity index (χ4v) is 4.52. The highest BCUT2D eigenvalue weighted by Gasteiger charge is 2.57. The quantitative estimate of drug-likeness (QED) is 0.119. The molecule has 0 aromatic carbocycles. The van der Waals surface area contributed by atoms with Crippen LogP contribution in [-0.4, -0.2) is 105 Å². The van der Waals surface area contributed by atoms with Crippen LogP contribution in [0.25, 0.3) is 10.4 Å². The molecule has 3 heterocycles. The van der Waals surface area contributed by atoms with E-state index in [0.717, 1.165) is 25.7 Å². The molecule has 0 aliphatic carbocycles. The molecule has 0 amide bonds. The van der Waals surface area contributed by atoms with E-state index in [4.69, 9.17) is 43.4 Å². The Morgan fingerprint density at radius 2 is 1.73 bits per heavy atom. The number of hydrogen-bond acceptors (Lipinski definition) is 12. The van der Waals surface area contributed by atoms with Crippen LogP contribution in [0, 0.1) is 0 Å². The number of aliphatic hydroxyl groups is 1. The first-order valence-electron chi connectivity index (χ1n) is 12.6. The Labute approximate surface area is 215 Å². The zero-order valence-corrected chi connectivity index (χ0v) is 21.6. The summed E-state index contributed by atoms with van der Waals surface area (Å²) in [5, 5.41) is 14.7. The van der Waals surface area contributed by atoms with Crippen LogP contribution < -0.4 is 0 Å². The van der Waals surface area contributed by atoms with Gasteiger partial charge in [0.1, 0.15) is 42.7 Å². The molecule has 0 radical (unpaired) electrons. The smallest absolute Gasteiger partial charge is 0.337 e. The van der Waals surface area contributed by atoms with Crippen molar-refractivity contribution in [2.75, 3.05) is 26.9 Å². The minimum Gasteiger partial charge on any atom is -0.467 e. The molecule has 210 valence electrons. The normalized spacial score (nSPS) is 37.0. The predicted molar refractivity (Wildman–Crippen MR) is 124 cm³/mol. The van der Waals surface area contributed by atoms with Crippen LogP contribution in [0.4, 0.5) is 0 Å². The fraction of sp³-hybridized carbons (Fsp3) is 0.913. The second-order valence-electron chi connectivity index (χ2n) is 9.06. The lowest BCUT2D eigenvalue weighted by molar-refractivity contribution is -0.336. The van der Waals surface area contributed by atoms with E-state index in [0.29, 0.717) is 13.2 Å². The van der Waals surface area contributed by atoms with Crippen molar-refractivity contribution >= 4 is 11.9 Å². The van der Waals surface area contributed by atoms with Crippen LogP contribution >= 0.6 is 0 Å². The van der Waals surface area contributed by atoms with Gasteiger partial charge in [-0.15, -0.1) is 0 Å². The maximum absolute atomic E-state index is 12.5. The molecule has 3 aliphatic rings. The van der Waals surface area contributed by atoms with Crippen LogP contribution in [0.5, 0.6) is 0 Å². The molecule has 37 heavy (non-hydrogen) atoms. The summed E-state index contributed by atoms with van der Waals surface area (Å²) in [5.41, 5.74) is 9.08.